The largest absolute Gasteiger partial charge is 0.481 e. The smallest absolute Gasteiger partial charge is 0.305 e. The first-order valence-electron chi connectivity index (χ1n) is 5.35. The van der Waals surface area contributed by atoms with Crippen molar-refractivity contribution in [2.75, 3.05) is 0 Å². The van der Waals surface area contributed by atoms with Crippen LogP contribution in [0.15, 0.2) is 30.3 Å². The van der Waals surface area contributed by atoms with E-state index in [0.717, 1.165) is 17.3 Å². The topological polar surface area (TPSA) is 57.6 Å². The maximum Gasteiger partial charge on any atom is 0.305 e. The molecule has 4 nitrogen and oxygen atoms in total. The molecule has 0 spiro atoms. The minimum absolute atomic E-state index is 0.186. The Morgan fingerprint density at radius 3 is 2.67 bits per heavy atom. The summed E-state index contributed by atoms with van der Waals surface area (Å²) >= 11 is 6.28. The standard InChI is InChI=1S/C12H11NO3S2/c14-10(15)6-9-11(16)13(12(17)18-9)7-8-4-2-1-3-5-8/h1-5,9H,6-7H2,(H,14,15)/t9-/m0/s1. The van der Waals surface area contributed by atoms with E-state index in [0.29, 0.717) is 10.9 Å². The van der Waals surface area contributed by atoms with E-state index in [4.69, 9.17) is 17.3 Å². The second kappa shape index (κ2) is 5.49. The van der Waals surface area contributed by atoms with Crippen LogP contribution in [0, 0.1) is 0 Å². The quantitative estimate of drug-likeness (QED) is 0.854. The molecule has 0 unspecified atom stereocenters. The lowest BCUT2D eigenvalue weighted by Gasteiger charge is -2.15. The van der Waals surface area contributed by atoms with Crippen molar-refractivity contribution in [3.63, 3.8) is 0 Å². The zero-order valence-corrected chi connectivity index (χ0v) is 11.0. The lowest BCUT2D eigenvalue weighted by molar-refractivity contribution is -0.139. The van der Waals surface area contributed by atoms with Gasteiger partial charge in [0.05, 0.1) is 13.0 Å². The van der Waals surface area contributed by atoms with E-state index in [-0.39, 0.29) is 12.3 Å². The third kappa shape index (κ3) is 2.88. The summed E-state index contributed by atoms with van der Waals surface area (Å²) in [6, 6.07) is 9.49. The predicted molar refractivity (Wildman–Crippen MR) is 73.2 cm³/mol. The molecule has 1 aromatic carbocycles. The van der Waals surface area contributed by atoms with Gasteiger partial charge in [-0.25, -0.2) is 0 Å². The molecule has 1 N–H and O–H groups in total. The van der Waals surface area contributed by atoms with E-state index in [1.807, 2.05) is 30.3 Å². The zero-order valence-electron chi connectivity index (χ0n) is 9.41. The van der Waals surface area contributed by atoms with E-state index in [1.165, 1.54) is 4.90 Å². The van der Waals surface area contributed by atoms with Gasteiger partial charge in [0.25, 0.3) is 0 Å². The Balaban J connectivity index is 2.08. The van der Waals surface area contributed by atoms with Crippen LogP contribution in [0.2, 0.25) is 0 Å². The highest BCUT2D eigenvalue weighted by Gasteiger charge is 2.37. The molecular formula is C12H11NO3S2. The average Bonchev–Trinajstić information content (AvgIpc) is 2.58. The van der Waals surface area contributed by atoms with Gasteiger partial charge in [0.2, 0.25) is 5.91 Å². The fraction of sp³-hybridized carbons (Fsp3) is 0.250. The van der Waals surface area contributed by atoms with Crippen LogP contribution in [0.4, 0.5) is 0 Å². The Kier molecular flexibility index (Phi) is 3.98. The number of hydrogen-bond acceptors (Lipinski definition) is 4. The number of amides is 1. The van der Waals surface area contributed by atoms with Crippen molar-refractivity contribution in [2.24, 2.45) is 0 Å². The highest BCUT2D eigenvalue weighted by Crippen LogP contribution is 2.30. The molecule has 0 bridgehead atoms. The molecule has 1 aromatic rings. The number of carbonyl (C=O) groups excluding carboxylic acids is 1. The molecule has 0 saturated carbocycles. The van der Waals surface area contributed by atoms with Gasteiger partial charge >= 0.3 is 5.97 Å². The Bertz CT molecular complexity index is 489. The van der Waals surface area contributed by atoms with Gasteiger partial charge in [-0.2, -0.15) is 0 Å². The van der Waals surface area contributed by atoms with Gasteiger partial charge in [-0.1, -0.05) is 54.3 Å². The number of carbonyl (C=O) groups is 2. The third-order valence-electron chi connectivity index (χ3n) is 2.55. The highest BCUT2D eigenvalue weighted by molar-refractivity contribution is 8.24. The lowest BCUT2D eigenvalue weighted by Crippen LogP contribution is -2.31. The second-order valence-corrected chi connectivity index (χ2v) is 5.72. The Hall–Kier alpha value is -1.40. The summed E-state index contributed by atoms with van der Waals surface area (Å²) in [5.74, 6) is -1.19. The van der Waals surface area contributed by atoms with Gasteiger partial charge in [0.15, 0.2) is 0 Å². The second-order valence-electron chi connectivity index (χ2n) is 3.88. The highest BCUT2D eigenvalue weighted by atomic mass is 32.2. The van der Waals surface area contributed by atoms with Crippen molar-refractivity contribution in [1.82, 2.24) is 4.90 Å². The summed E-state index contributed by atoms with van der Waals surface area (Å²) in [6.07, 6.45) is -0.186. The van der Waals surface area contributed by atoms with Crippen LogP contribution >= 0.6 is 24.0 Å². The molecule has 6 heteroatoms. The average molecular weight is 281 g/mol. The molecule has 1 fully saturated rings. The summed E-state index contributed by atoms with van der Waals surface area (Å²) in [5, 5.41) is 8.14. The Labute approximate surface area is 114 Å². The number of carboxylic acid groups (broad SMARTS) is 1. The molecular weight excluding hydrogens is 270 g/mol. The summed E-state index contributed by atoms with van der Waals surface area (Å²) in [7, 11) is 0. The summed E-state index contributed by atoms with van der Waals surface area (Å²) < 4.78 is 0.454. The first-order chi connectivity index (χ1) is 8.58. The summed E-state index contributed by atoms with van der Waals surface area (Å²) in [6.45, 7) is 0.404. The molecule has 1 heterocycles. The predicted octanol–water partition coefficient (Wildman–Crippen LogP) is 1.89. The van der Waals surface area contributed by atoms with Gasteiger partial charge < -0.3 is 5.11 Å². The summed E-state index contributed by atoms with van der Waals surface area (Å²) in [4.78, 5) is 24.1. The SMILES string of the molecule is O=C(O)C[C@@H]1SC(=S)N(Cc2ccccc2)C1=O. The van der Waals surface area contributed by atoms with E-state index in [2.05, 4.69) is 0 Å². The van der Waals surface area contributed by atoms with Gasteiger partial charge in [0, 0.05) is 0 Å². The number of rotatable bonds is 4. The Morgan fingerprint density at radius 2 is 2.06 bits per heavy atom. The minimum atomic E-state index is -0.981. The molecule has 2 rings (SSSR count). The number of thioether (sulfide) groups is 1. The number of carboxylic acids is 1. The van der Waals surface area contributed by atoms with Crippen molar-refractivity contribution >= 4 is 40.2 Å². The van der Waals surface area contributed by atoms with E-state index >= 15 is 0 Å². The van der Waals surface area contributed by atoms with Crippen molar-refractivity contribution in [3.8, 4) is 0 Å². The molecule has 1 amide bonds. The van der Waals surface area contributed by atoms with Crippen LogP contribution in [0.1, 0.15) is 12.0 Å². The normalized spacial score (nSPS) is 19.3. The third-order valence-corrected chi connectivity index (χ3v) is 4.13. The molecule has 0 radical (unpaired) electrons. The molecule has 94 valence electrons. The monoisotopic (exact) mass is 281 g/mol. The Morgan fingerprint density at radius 1 is 1.39 bits per heavy atom. The minimum Gasteiger partial charge on any atom is -0.481 e. The summed E-state index contributed by atoms with van der Waals surface area (Å²) in [5.41, 5.74) is 0.977. The van der Waals surface area contributed by atoms with Gasteiger partial charge in [-0.3, -0.25) is 14.5 Å². The van der Waals surface area contributed by atoms with Crippen LogP contribution in [0.5, 0.6) is 0 Å². The molecule has 1 saturated heterocycles. The maximum absolute atomic E-state index is 12.0. The van der Waals surface area contributed by atoms with E-state index < -0.39 is 11.2 Å². The molecule has 1 atom stereocenters. The fourth-order valence-corrected chi connectivity index (χ4v) is 3.18. The van der Waals surface area contributed by atoms with Gasteiger partial charge in [0.1, 0.15) is 9.57 Å². The molecule has 18 heavy (non-hydrogen) atoms. The van der Waals surface area contributed by atoms with E-state index in [1.54, 1.807) is 0 Å². The number of thiocarbonyl (C=S) groups is 1. The van der Waals surface area contributed by atoms with Crippen molar-refractivity contribution in [2.45, 2.75) is 18.2 Å². The van der Waals surface area contributed by atoms with Crippen LogP contribution in [0.25, 0.3) is 0 Å². The zero-order chi connectivity index (χ0) is 13.1. The molecule has 1 aliphatic rings. The fourth-order valence-electron chi connectivity index (χ4n) is 1.70. The van der Waals surface area contributed by atoms with Crippen LogP contribution in [-0.4, -0.2) is 31.5 Å². The maximum atomic E-state index is 12.0. The van der Waals surface area contributed by atoms with Crippen LogP contribution in [-0.2, 0) is 16.1 Å². The van der Waals surface area contributed by atoms with Gasteiger partial charge in [-0.05, 0) is 5.56 Å². The van der Waals surface area contributed by atoms with Crippen molar-refractivity contribution < 1.29 is 14.7 Å². The number of aliphatic carboxylic acids is 1. The van der Waals surface area contributed by atoms with Gasteiger partial charge in [-0.15, -0.1) is 0 Å². The number of nitrogens with zero attached hydrogens (tertiary/aromatic N) is 1. The molecule has 0 aliphatic carbocycles. The van der Waals surface area contributed by atoms with Crippen molar-refractivity contribution in [1.29, 1.82) is 0 Å². The van der Waals surface area contributed by atoms with Crippen LogP contribution in [0.3, 0.4) is 0 Å². The first-order valence-corrected chi connectivity index (χ1v) is 6.64. The van der Waals surface area contributed by atoms with Crippen molar-refractivity contribution in [3.05, 3.63) is 35.9 Å². The molecule has 0 aromatic heterocycles. The van der Waals surface area contributed by atoms with E-state index in [9.17, 15) is 9.59 Å². The first kappa shape index (κ1) is 13.0. The van der Waals surface area contributed by atoms with Crippen LogP contribution < -0.4 is 0 Å². The lowest BCUT2D eigenvalue weighted by atomic mass is 10.2. The molecule has 1 aliphatic heterocycles. The number of benzene rings is 1. The number of hydrogen-bond donors (Lipinski definition) is 1.